The molecule has 0 aliphatic heterocycles. The highest BCUT2D eigenvalue weighted by Gasteiger charge is 2.33. The number of hydrogen-bond acceptors (Lipinski definition) is 5. The lowest BCUT2D eigenvalue weighted by Gasteiger charge is -2.31. The Morgan fingerprint density at radius 1 is 1.20 bits per heavy atom. The zero-order valence-corrected chi connectivity index (χ0v) is 18.6. The van der Waals surface area contributed by atoms with Crippen molar-refractivity contribution >= 4 is 33.0 Å². The van der Waals surface area contributed by atoms with Gasteiger partial charge in [0.2, 0.25) is 15.9 Å². The number of para-hydroxylation sites is 1. The smallest absolute Gasteiger partial charge is 0.271 e. The lowest BCUT2D eigenvalue weighted by atomic mass is 10.0. The van der Waals surface area contributed by atoms with E-state index < -0.39 is 26.9 Å². The fourth-order valence-corrected chi connectivity index (χ4v) is 4.58. The summed E-state index contributed by atoms with van der Waals surface area (Å²) >= 11 is 0. The standard InChI is InChI=1S/C21H27N3O5S/c1-6-19(21(25)22-18-10-8-7-9-17(18)14(2)3)23(30(5,28)29)20-13-16(24(26)27)12-11-15(20)4/h7-14,19H,6H2,1-5H3,(H,22,25)/t19-/m1/s1. The number of sulfonamides is 1. The lowest BCUT2D eigenvalue weighted by molar-refractivity contribution is -0.384. The molecular weight excluding hydrogens is 406 g/mol. The molecule has 0 unspecified atom stereocenters. The minimum absolute atomic E-state index is 0.117. The summed E-state index contributed by atoms with van der Waals surface area (Å²) in [7, 11) is -3.91. The van der Waals surface area contributed by atoms with Crippen LogP contribution in [0.3, 0.4) is 0 Å². The van der Waals surface area contributed by atoms with Gasteiger partial charge in [-0.05, 0) is 36.5 Å². The van der Waals surface area contributed by atoms with E-state index in [9.17, 15) is 23.3 Å². The third-order valence-corrected chi connectivity index (χ3v) is 5.98. The molecule has 2 aromatic carbocycles. The molecule has 0 aliphatic carbocycles. The maximum absolute atomic E-state index is 13.2. The topological polar surface area (TPSA) is 110 Å². The summed E-state index contributed by atoms with van der Waals surface area (Å²) in [4.78, 5) is 23.8. The van der Waals surface area contributed by atoms with Crippen LogP contribution in [0.2, 0.25) is 0 Å². The molecule has 2 aromatic rings. The number of carbonyl (C=O) groups excluding carboxylic acids is 1. The van der Waals surface area contributed by atoms with E-state index in [1.54, 1.807) is 26.0 Å². The molecule has 162 valence electrons. The predicted molar refractivity (Wildman–Crippen MR) is 118 cm³/mol. The second kappa shape index (κ2) is 9.25. The summed E-state index contributed by atoms with van der Waals surface area (Å²) in [5.74, 6) is -0.339. The summed E-state index contributed by atoms with van der Waals surface area (Å²) in [6.07, 6.45) is 1.17. The van der Waals surface area contributed by atoms with Crippen molar-refractivity contribution in [2.45, 2.75) is 46.1 Å². The first-order valence-corrected chi connectivity index (χ1v) is 11.5. The molecule has 0 saturated heterocycles. The molecule has 1 atom stereocenters. The molecule has 0 fully saturated rings. The highest BCUT2D eigenvalue weighted by molar-refractivity contribution is 7.92. The van der Waals surface area contributed by atoms with Crippen LogP contribution in [0.15, 0.2) is 42.5 Å². The Morgan fingerprint density at radius 2 is 1.83 bits per heavy atom. The Bertz CT molecular complexity index is 1050. The number of nitro benzene ring substituents is 1. The van der Waals surface area contributed by atoms with Crippen LogP contribution in [0.4, 0.5) is 17.1 Å². The molecule has 2 rings (SSSR count). The number of benzene rings is 2. The number of non-ortho nitro benzene ring substituents is 1. The number of anilines is 2. The number of nitro groups is 1. The minimum Gasteiger partial charge on any atom is -0.324 e. The molecule has 9 heteroatoms. The van der Waals surface area contributed by atoms with Crippen molar-refractivity contribution in [3.63, 3.8) is 0 Å². The molecule has 1 amide bonds. The van der Waals surface area contributed by atoms with E-state index >= 15 is 0 Å². The van der Waals surface area contributed by atoms with Crippen LogP contribution >= 0.6 is 0 Å². The maximum atomic E-state index is 13.2. The average Bonchev–Trinajstić information content (AvgIpc) is 2.65. The van der Waals surface area contributed by atoms with Gasteiger partial charge in [-0.25, -0.2) is 8.42 Å². The van der Waals surface area contributed by atoms with E-state index in [1.807, 2.05) is 26.0 Å². The van der Waals surface area contributed by atoms with Crippen LogP contribution in [0.25, 0.3) is 0 Å². The molecule has 0 saturated carbocycles. The Kier molecular flexibility index (Phi) is 7.20. The zero-order chi connectivity index (χ0) is 22.6. The third-order valence-electron chi connectivity index (χ3n) is 4.81. The van der Waals surface area contributed by atoms with Gasteiger partial charge in [0.05, 0.1) is 16.9 Å². The SMILES string of the molecule is CC[C@H](C(=O)Nc1ccccc1C(C)C)N(c1cc([N+](=O)[O-])ccc1C)S(C)(=O)=O. The van der Waals surface area contributed by atoms with Gasteiger partial charge in [-0.3, -0.25) is 19.2 Å². The van der Waals surface area contributed by atoms with Crippen LogP contribution in [-0.4, -0.2) is 31.5 Å². The molecule has 0 aromatic heterocycles. The van der Waals surface area contributed by atoms with Crippen LogP contribution < -0.4 is 9.62 Å². The number of aryl methyl sites for hydroxylation is 1. The van der Waals surface area contributed by atoms with E-state index in [2.05, 4.69) is 5.32 Å². The molecule has 0 spiro atoms. The van der Waals surface area contributed by atoms with E-state index in [0.29, 0.717) is 11.3 Å². The first-order chi connectivity index (χ1) is 14.0. The minimum atomic E-state index is -3.91. The van der Waals surface area contributed by atoms with E-state index in [-0.39, 0.29) is 23.7 Å². The fourth-order valence-electron chi connectivity index (χ4n) is 3.31. The van der Waals surface area contributed by atoms with Gasteiger partial charge in [-0.2, -0.15) is 0 Å². The lowest BCUT2D eigenvalue weighted by Crippen LogP contribution is -2.47. The van der Waals surface area contributed by atoms with Gasteiger partial charge in [0.1, 0.15) is 6.04 Å². The summed E-state index contributed by atoms with van der Waals surface area (Å²) in [5, 5.41) is 14.1. The van der Waals surface area contributed by atoms with Crippen LogP contribution in [-0.2, 0) is 14.8 Å². The molecule has 0 bridgehead atoms. The molecular formula is C21H27N3O5S. The largest absolute Gasteiger partial charge is 0.324 e. The average molecular weight is 434 g/mol. The third kappa shape index (κ3) is 5.15. The van der Waals surface area contributed by atoms with Gasteiger partial charge < -0.3 is 5.32 Å². The van der Waals surface area contributed by atoms with Gasteiger partial charge >= 0.3 is 0 Å². The highest BCUT2D eigenvalue weighted by atomic mass is 32.2. The predicted octanol–water partition coefficient (Wildman–Crippen LogP) is 4.21. The summed E-state index contributed by atoms with van der Waals surface area (Å²) in [6, 6.07) is 10.2. The van der Waals surface area contributed by atoms with Gasteiger partial charge in [0, 0.05) is 17.8 Å². The second-order valence-corrected chi connectivity index (χ2v) is 9.30. The van der Waals surface area contributed by atoms with Crippen LogP contribution in [0, 0.1) is 17.0 Å². The van der Waals surface area contributed by atoms with Crippen molar-refractivity contribution in [1.82, 2.24) is 0 Å². The first kappa shape index (κ1) is 23.3. The Hall–Kier alpha value is -2.94. The molecule has 8 nitrogen and oxygen atoms in total. The number of nitrogens with one attached hydrogen (secondary N) is 1. The Labute approximate surface area is 177 Å². The normalized spacial score (nSPS) is 12.5. The number of amides is 1. The van der Waals surface area contributed by atoms with Crippen molar-refractivity contribution in [1.29, 1.82) is 0 Å². The first-order valence-electron chi connectivity index (χ1n) is 9.61. The quantitative estimate of drug-likeness (QED) is 0.495. The van der Waals surface area contributed by atoms with Crippen molar-refractivity contribution in [2.75, 3.05) is 15.9 Å². The Balaban J connectivity index is 2.53. The van der Waals surface area contributed by atoms with Gasteiger partial charge in [0.25, 0.3) is 5.69 Å². The summed E-state index contributed by atoms with van der Waals surface area (Å²) in [5.41, 5.74) is 1.92. The van der Waals surface area contributed by atoms with Crippen molar-refractivity contribution < 1.29 is 18.1 Å². The zero-order valence-electron chi connectivity index (χ0n) is 17.7. The molecule has 0 radical (unpaired) electrons. The molecule has 0 aliphatic rings. The number of hydrogen-bond donors (Lipinski definition) is 1. The monoisotopic (exact) mass is 433 g/mol. The van der Waals surface area contributed by atoms with Gasteiger partial charge in [0.15, 0.2) is 0 Å². The van der Waals surface area contributed by atoms with E-state index in [0.717, 1.165) is 16.1 Å². The fraction of sp³-hybridized carbons (Fsp3) is 0.381. The van der Waals surface area contributed by atoms with E-state index in [4.69, 9.17) is 0 Å². The molecule has 30 heavy (non-hydrogen) atoms. The number of rotatable bonds is 8. The highest BCUT2D eigenvalue weighted by Crippen LogP contribution is 2.31. The van der Waals surface area contributed by atoms with Crippen molar-refractivity contribution in [2.24, 2.45) is 0 Å². The maximum Gasteiger partial charge on any atom is 0.271 e. The van der Waals surface area contributed by atoms with Gasteiger partial charge in [-0.1, -0.05) is 45.0 Å². The van der Waals surface area contributed by atoms with Crippen LogP contribution in [0.5, 0.6) is 0 Å². The summed E-state index contributed by atoms with van der Waals surface area (Å²) < 4.78 is 26.3. The van der Waals surface area contributed by atoms with Crippen LogP contribution in [0.1, 0.15) is 44.2 Å². The Morgan fingerprint density at radius 3 is 2.37 bits per heavy atom. The summed E-state index contributed by atoms with van der Waals surface area (Å²) in [6.45, 7) is 7.34. The van der Waals surface area contributed by atoms with E-state index in [1.165, 1.54) is 18.2 Å². The second-order valence-electron chi connectivity index (χ2n) is 7.44. The van der Waals surface area contributed by atoms with Crippen molar-refractivity contribution in [3.05, 3.63) is 63.7 Å². The molecule has 1 N–H and O–H groups in total. The number of nitrogens with zero attached hydrogens (tertiary/aromatic N) is 2. The van der Waals surface area contributed by atoms with Gasteiger partial charge in [-0.15, -0.1) is 0 Å². The van der Waals surface area contributed by atoms with Crippen molar-refractivity contribution in [3.8, 4) is 0 Å². The molecule has 0 heterocycles. The number of carbonyl (C=O) groups is 1.